The Bertz CT molecular complexity index is 1570. The van der Waals surface area contributed by atoms with E-state index in [1.807, 2.05) is 49.6 Å². The van der Waals surface area contributed by atoms with Crippen molar-refractivity contribution in [3.8, 4) is 22.5 Å². The van der Waals surface area contributed by atoms with Crippen LogP contribution in [0.2, 0.25) is 0 Å². The first-order valence-corrected chi connectivity index (χ1v) is 14.1. The van der Waals surface area contributed by atoms with Crippen LogP contribution in [0, 0.1) is 13.8 Å². The lowest BCUT2D eigenvalue weighted by Gasteiger charge is -2.16. The Morgan fingerprint density at radius 1 is 1.08 bits per heavy atom. The molecule has 0 fully saturated rings. The van der Waals surface area contributed by atoms with Gasteiger partial charge in [0, 0.05) is 41.7 Å². The van der Waals surface area contributed by atoms with Crippen molar-refractivity contribution in [3.05, 3.63) is 71.3 Å². The van der Waals surface area contributed by atoms with Crippen molar-refractivity contribution in [1.29, 1.82) is 0 Å². The van der Waals surface area contributed by atoms with Gasteiger partial charge in [0.2, 0.25) is 10.0 Å². The van der Waals surface area contributed by atoms with E-state index < -0.39 is 27.9 Å². The predicted octanol–water partition coefficient (Wildman–Crippen LogP) is 2.88. The third kappa shape index (κ3) is 6.49. The van der Waals surface area contributed by atoms with Gasteiger partial charge in [0.05, 0.1) is 29.8 Å². The van der Waals surface area contributed by atoms with E-state index in [2.05, 4.69) is 25.6 Å². The molecular formula is C25H26N6O5S2. The van der Waals surface area contributed by atoms with Crippen molar-refractivity contribution < 1.29 is 22.7 Å². The average molecular weight is 555 g/mol. The number of hydrogen-bond donors (Lipinski definition) is 2. The van der Waals surface area contributed by atoms with Crippen LogP contribution in [0.15, 0.2) is 54.2 Å². The van der Waals surface area contributed by atoms with Gasteiger partial charge in [-0.05, 0) is 32.0 Å². The summed E-state index contributed by atoms with van der Waals surface area (Å²) < 4.78 is 29.4. The minimum absolute atomic E-state index is 0.0924. The molecule has 0 aliphatic rings. The number of rotatable bonds is 9. The summed E-state index contributed by atoms with van der Waals surface area (Å²) >= 11 is 1.24. The van der Waals surface area contributed by atoms with E-state index in [1.165, 1.54) is 36.9 Å². The molecule has 0 saturated carbocycles. The topological polar surface area (TPSA) is 145 Å². The van der Waals surface area contributed by atoms with Gasteiger partial charge in [-0.1, -0.05) is 18.2 Å². The summed E-state index contributed by atoms with van der Waals surface area (Å²) in [6, 6.07) is 10.00. The lowest BCUT2D eigenvalue weighted by Crippen LogP contribution is -2.46. The van der Waals surface area contributed by atoms with Crippen LogP contribution in [0.4, 0.5) is 5.13 Å². The molecule has 2 N–H and O–H groups in total. The molecule has 1 atom stereocenters. The summed E-state index contributed by atoms with van der Waals surface area (Å²) in [5.41, 5.74) is 4.22. The molecule has 198 valence electrons. The zero-order valence-corrected chi connectivity index (χ0v) is 22.8. The zero-order chi connectivity index (χ0) is 27.4. The maximum absolute atomic E-state index is 12.9. The number of hydrogen-bond acceptors (Lipinski definition) is 9. The number of carbonyl (C=O) groups excluding carboxylic acids is 2. The summed E-state index contributed by atoms with van der Waals surface area (Å²) in [6.07, 6.45) is 3.46. The molecule has 0 spiro atoms. The number of aromatic nitrogens is 4. The second-order valence-electron chi connectivity index (χ2n) is 8.52. The minimum Gasteiger partial charge on any atom is -0.382 e. The first-order valence-electron chi connectivity index (χ1n) is 11.4. The van der Waals surface area contributed by atoms with Gasteiger partial charge in [0.15, 0.2) is 5.13 Å². The molecule has 38 heavy (non-hydrogen) atoms. The van der Waals surface area contributed by atoms with Crippen LogP contribution in [0.25, 0.3) is 22.5 Å². The van der Waals surface area contributed by atoms with Crippen LogP contribution in [0.1, 0.15) is 21.9 Å². The largest absolute Gasteiger partial charge is 0.382 e. The summed E-state index contributed by atoms with van der Waals surface area (Å²) in [6.45, 7) is 3.67. The lowest BCUT2D eigenvalue weighted by atomic mass is 10.1. The van der Waals surface area contributed by atoms with Gasteiger partial charge in [0.1, 0.15) is 11.9 Å². The summed E-state index contributed by atoms with van der Waals surface area (Å²) in [5, 5.41) is 7.46. The predicted molar refractivity (Wildman–Crippen MR) is 144 cm³/mol. The monoisotopic (exact) mass is 554 g/mol. The average Bonchev–Trinajstić information content (AvgIpc) is 3.53. The highest BCUT2D eigenvalue weighted by Crippen LogP contribution is 2.28. The van der Waals surface area contributed by atoms with E-state index in [-0.39, 0.29) is 12.2 Å². The Kier molecular flexibility index (Phi) is 7.99. The number of amides is 2. The summed E-state index contributed by atoms with van der Waals surface area (Å²) in [4.78, 5) is 38.9. The Labute approximate surface area is 224 Å². The number of benzene rings is 1. The molecule has 0 aliphatic carbocycles. The molecule has 1 aromatic carbocycles. The molecule has 4 aromatic rings. The number of nitrogens with one attached hydrogen (secondary N) is 2. The van der Waals surface area contributed by atoms with Crippen molar-refractivity contribution in [2.75, 3.05) is 25.3 Å². The van der Waals surface area contributed by atoms with E-state index in [9.17, 15) is 18.0 Å². The quantitative estimate of drug-likeness (QED) is 0.321. The highest BCUT2D eigenvalue weighted by atomic mass is 32.2. The third-order valence-electron chi connectivity index (χ3n) is 5.42. The van der Waals surface area contributed by atoms with E-state index in [0.717, 1.165) is 32.7 Å². The van der Waals surface area contributed by atoms with Crippen molar-refractivity contribution in [2.24, 2.45) is 0 Å². The van der Waals surface area contributed by atoms with E-state index in [4.69, 9.17) is 4.74 Å². The highest BCUT2D eigenvalue weighted by Gasteiger charge is 2.23. The SMILES string of the molecule is COCC(NC(=O)c1ccn(S(C)(=O)=O)c1)C(=O)Nc1nc(-c2cccc(-c3cc(C)nc(C)n3)c2)cs1. The third-order valence-corrected chi connectivity index (χ3v) is 7.17. The first kappa shape index (κ1) is 27.1. The first-order chi connectivity index (χ1) is 18.0. The van der Waals surface area contributed by atoms with Crippen molar-refractivity contribution in [1.82, 2.24) is 24.2 Å². The Hall–Kier alpha value is -3.94. The van der Waals surface area contributed by atoms with Gasteiger partial charge in [0.25, 0.3) is 11.8 Å². The Balaban J connectivity index is 1.47. The Morgan fingerprint density at radius 3 is 2.47 bits per heavy atom. The highest BCUT2D eigenvalue weighted by molar-refractivity contribution is 7.89. The van der Waals surface area contributed by atoms with Crippen molar-refractivity contribution in [2.45, 2.75) is 19.9 Å². The maximum atomic E-state index is 12.9. The molecule has 3 aromatic heterocycles. The molecule has 11 nitrogen and oxygen atoms in total. The fourth-order valence-corrected chi connectivity index (χ4v) is 4.98. The second kappa shape index (κ2) is 11.2. The van der Waals surface area contributed by atoms with E-state index in [1.54, 1.807) is 0 Å². The van der Waals surface area contributed by atoms with Crippen LogP contribution < -0.4 is 10.6 Å². The van der Waals surface area contributed by atoms with Gasteiger partial charge in [-0.15, -0.1) is 11.3 Å². The standard InChI is InChI=1S/C25H26N6O5S2/c1-15-10-20(27-16(2)26-15)17-6-5-7-18(11-17)22-14-37-25(29-22)30-24(33)21(13-36-3)28-23(32)19-8-9-31(12-19)38(4,34)35/h5-12,14,21H,13H2,1-4H3,(H,28,32)(H,29,30,33). The number of anilines is 1. The zero-order valence-electron chi connectivity index (χ0n) is 21.1. The second-order valence-corrected chi connectivity index (χ2v) is 11.3. The number of methoxy groups -OCH3 is 1. The van der Waals surface area contributed by atoms with E-state index >= 15 is 0 Å². The Morgan fingerprint density at radius 2 is 1.82 bits per heavy atom. The molecule has 0 aliphatic heterocycles. The minimum atomic E-state index is -3.53. The van der Waals surface area contributed by atoms with Gasteiger partial charge in [-0.3, -0.25) is 13.6 Å². The van der Waals surface area contributed by atoms with Crippen LogP contribution >= 0.6 is 11.3 Å². The molecular weight excluding hydrogens is 528 g/mol. The molecule has 3 heterocycles. The fraction of sp³-hybridized carbons (Fsp3) is 0.240. The maximum Gasteiger partial charge on any atom is 0.253 e. The van der Waals surface area contributed by atoms with Gasteiger partial charge in [-0.2, -0.15) is 0 Å². The number of carbonyl (C=O) groups is 2. The summed E-state index contributed by atoms with van der Waals surface area (Å²) in [5.74, 6) is -0.449. The van der Waals surface area contributed by atoms with Gasteiger partial charge in [-0.25, -0.2) is 23.4 Å². The van der Waals surface area contributed by atoms with Crippen LogP contribution in [0.3, 0.4) is 0 Å². The molecule has 4 rings (SSSR count). The van der Waals surface area contributed by atoms with E-state index in [0.29, 0.717) is 16.6 Å². The molecule has 0 saturated heterocycles. The van der Waals surface area contributed by atoms with Crippen molar-refractivity contribution >= 4 is 38.3 Å². The number of aryl methyl sites for hydroxylation is 2. The van der Waals surface area contributed by atoms with Crippen LogP contribution in [0.5, 0.6) is 0 Å². The van der Waals surface area contributed by atoms with Crippen molar-refractivity contribution in [3.63, 3.8) is 0 Å². The van der Waals surface area contributed by atoms with Gasteiger partial charge < -0.3 is 15.4 Å². The molecule has 13 heteroatoms. The van der Waals surface area contributed by atoms with Gasteiger partial charge >= 0.3 is 0 Å². The molecule has 1 unspecified atom stereocenters. The van der Waals surface area contributed by atoms with Crippen LogP contribution in [-0.2, 0) is 19.6 Å². The lowest BCUT2D eigenvalue weighted by molar-refractivity contribution is -0.119. The van der Waals surface area contributed by atoms with Crippen LogP contribution in [-0.4, -0.2) is 65.2 Å². The molecule has 0 radical (unpaired) electrons. The molecule has 2 amide bonds. The summed E-state index contributed by atoms with van der Waals surface area (Å²) in [7, 11) is -2.13. The molecule has 0 bridgehead atoms. The smallest absolute Gasteiger partial charge is 0.253 e. The number of thiazole rings is 1. The fourth-order valence-electron chi connectivity index (χ4n) is 3.67. The number of nitrogens with zero attached hydrogens (tertiary/aromatic N) is 4. The normalized spacial score (nSPS) is 12.2. The number of ether oxygens (including phenoxy) is 1.